The molecule has 7 nitrogen and oxygen atoms in total. The number of nitrogens with zero attached hydrogens (tertiary/aromatic N) is 2. The molecule has 2 heterocycles. The fourth-order valence-electron chi connectivity index (χ4n) is 4.55. The Balaban J connectivity index is 1.29. The summed E-state index contributed by atoms with van der Waals surface area (Å²) in [5, 5.41) is 4.92. The predicted molar refractivity (Wildman–Crippen MR) is 137 cm³/mol. The number of fused-ring (bicyclic) bond motifs is 1. The monoisotopic (exact) mass is 466 g/mol. The van der Waals surface area contributed by atoms with Crippen molar-refractivity contribution in [1.82, 2.24) is 4.68 Å². The number of aryl methyl sites for hydroxylation is 2. The highest BCUT2D eigenvalue weighted by atomic mass is 16.2. The highest BCUT2D eigenvalue weighted by Gasteiger charge is 2.35. The molecule has 0 radical (unpaired) electrons. The summed E-state index contributed by atoms with van der Waals surface area (Å²) in [6.45, 7) is 4.13. The second kappa shape index (κ2) is 9.10. The third kappa shape index (κ3) is 4.40. The van der Waals surface area contributed by atoms with Crippen LogP contribution in [0.15, 0.2) is 78.9 Å². The Morgan fingerprint density at radius 1 is 0.886 bits per heavy atom. The molecule has 1 aliphatic rings. The van der Waals surface area contributed by atoms with Gasteiger partial charge in [-0.25, -0.2) is 0 Å². The Labute approximate surface area is 203 Å². The minimum atomic E-state index is -0.482. The Kier molecular flexibility index (Phi) is 5.82. The Bertz CT molecular complexity index is 1430. The van der Waals surface area contributed by atoms with Crippen molar-refractivity contribution >= 4 is 39.9 Å². The third-order valence-electron chi connectivity index (χ3n) is 6.43. The zero-order chi connectivity index (χ0) is 24.5. The first-order valence-corrected chi connectivity index (χ1v) is 11.6. The van der Waals surface area contributed by atoms with Gasteiger partial charge < -0.3 is 10.2 Å². The van der Waals surface area contributed by atoms with Gasteiger partial charge in [-0.2, -0.15) is 0 Å². The van der Waals surface area contributed by atoms with Crippen molar-refractivity contribution in [3.8, 4) is 0 Å². The lowest BCUT2D eigenvalue weighted by Crippen LogP contribution is -2.28. The SMILES string of the molecule is Cc1ccc(C)n1NC(=O)c1cccc(NC(=O)[C@@H]2CC(=O)N(c3cccc4ccccc34)C2)c1. The molecule has 1 aliphatic heterocycles. The summed E-state index contributed by atoms with van der Waals surface area (Å²) in [5.41, 5.74) is 6.46. The summed E-state index contributed by atoms with van der Waals surface area (Å²) in [6.07, 6.45) is 0.140. The highest BCUT2D eigenvalue weighted by molar-refractivity contribution is 6.08. The van der Waals surface area contributed by atoms with Gasteiger partial charge in [0.25, 0.3) is 5.91 Å². The lowest BCUT2D eigenvalue weighted by Gasteiger charge is -2.19. The third-order valence-corrected chi connectivity index (χ3v) is 6.43. The van der Waals surface area contributed by atoms with Crippen LogP contribution >= 0.6 is 0 Å². The number of aromatic nitrogens is 1. The Morgan fingerprint density at radius 2 is 1.60 bits per heavy atom. The average Bonchev–Trinajstić information content (AvgIpc) is 3.41. The van der Waals surface area contributed by atoms with E-state index in [1.54, 1.807) is 33.8 Å². The summed E-state index contributed by atoms with van der Waals surface area (Å²) in [5.74, 6) is -1.08. The van der Waals surface area contributed by atoms with Crippen LogP contribution in [0.2, 0.25) is 0 Å². The van der Waals surface area contributed by atoms with Gasteiger partial charge in [0.1, 0.15) is 0 Å². The van der Waals surface area contributed by atoms with Gasteiger partial charge in [-0.3, -0.25) is 24.5 Å². The quantitative estimate of drug-likeness (QED) is 0.450. The number of benzene rings is 3. The van der Waals surface area contributed by atoms with Gasteiger partial charge in [0, 0.05) is 41.0 Å². The van der Waals surface area contributed by atoms with Crippen molar-refractivity contribution in [2.24, 2.45) is 5.92 Å². The first-order valence-electron chi connectivity index (χ1n) is 11.6. The number of amides is 3. The summed E-state index contributed by atoms with van der Waals surface area (Å²) < 4.78 is 1.72. The maximum absolute atomic E-state index is 13.0. The summed E-state index contributed by atoms with van der Waals surface area (Å²) in [6, 6.07) is 24.4. The van der Waals surface area contributed by atoms with E-state index in [0.717, 1.165) is 27.8 Å². The van der Waals surface area contributed by atoms with Crippen LogP contribution in [-0.4, -0.2) is 28.9 Å². The summed E-state index contributed by atoms with van der Waals surface area (Å²) in [4.78, 5) is 40.3. The number of rotatable bonds is 5. The molecule has 3 aromatic carbocycles. The van der Waals surface area contributed by atoms with Crippen LogP contribution in [0.3, 0.4) is 0 Å². The van der Waals surface area contributed by atoms with Gasteiger partial charge in [0.2, 0.25) is 11.8 Å². The molecule has 1 atom stereocenters. The van der Waals surface area contributed by atoms with E-state index >= 15 is 0 Å². The fourth-order valence-corrected chi connectivity index (χ4v) is 4.55. The normalized spacial score (nSPS) is 15.4. The minimum Gasteiger partial charge on any atom is -0.326 e. The van der Waals surface area contributed by atoms with Crippen LogP contribution in [0.1, 0.15) is 28.2 Å². The topological polar surface area (TPSA) is 83.4 Å². The van der Waals surface area contributed by atoms with Crippen LogP contribution in [0, 0.1) is 19.8 Å². The molecular formula is C28H26N4O3. The summed E-state index contributed by atoms with van der Waals surface area (Å²) >= 11 is 0. The van der Waals surface area contributed by atoms with Gasteiger partial charge in [-0.15, -0.1) is 0 Å². The molecule has 176 valence electrons. The van der Waals surface area contributed by atoms with Crippen molar-refractivity contribution in [3.05, 3.63) is 95.8 Å². The van der Waals surface area contributed by atoms with Crippen molar-refractivity contribution < 1.29 is 14.4 Å². The van der Waals surface area contributed by atoms with Crippen molar-refractivity contribution in [2.45, 2.75) is 20.3 Å². The van der Waals surface area contributed by atoms with E-state index < -0.39 is 5.92 Å². The number of hydrogen-bond donors (Lipinski definition) is 2. The van der Waals surface area contributed by atoms with Crippen LogP contribution in [0.4, 0.5) is 11.4 Å². The lowest BCUT2D eigenvalue weighted by molar-refractivity contribution is -0.122. The molecule has 0 saturated carbocycles. The molecule has 3 amide bonds. The molecule has 0 aliphatic carbocycles. The Morgan fingerprint density at radius 3 is 2.40 bits per heavy atom. The molecule has 0 unspecified atom stereocenters. The standard InChI is InChI=1S/C28H26N4O3/c1-18-13-14-19(2)32(18)30-28(35)21-9-5-10-23(15-21)29-27(34)22-16-26(33)31(17-22)25-12-6-8-20-7-3-4-11-24(20)25/h3-15,22H,16-17H2,1-2H3,(H,29,34)(H,30,35)/t22-/m1/s1. The molecule has 0 spiro atoms. The van der Waals surface area contributed by atoms with Gasteiger partial charge >= 0.3 is 0 Å². The number of carbonyl (C=O) groups is 3. The maximum atomic E-state index is 13.0. The number of hydrogen-bond acceptors (Lipinski definition) is 3. The van der Waals surface area contributed by atoms with Gasteiger partial charge in [0.15, 0.2) is 0 Å². The van der Waals surface area contributed by atoms with E-state index in [1.165, 1.54) is 0 Å². The molecule has 1 saturated heterocycles. The second-order valence-corrected chi connectivity index (χ2v) is 8.87. The van der Waals surface area contributed by atoms with Gasteiger partial charge in [-0.1, -0.05) is 42.5 Å². The van der Waals surface area contributed by atoms with E-state index in [0.29, 0.717) is 17.8 Å². The molecule has 4 aromatic rings. The first kappa shape index (κ1) is 22.4. The van der Waals surface area contributed by atoms with Crippen molar-refractivity contribution in [1.29, 1.82) is 0 Å². The van der Waals surface area contributed by atoms with Crippen LogP contribution in [0.25, 0.3) is 10.8 Å². The van der Waals surface area contributed by atoms with Crippen molar-refractivity contribution in [3.63, 3.8) is 0 Å². The molecule has 0 bridgehead atoms. The number of anilines is 2. The zero-order valence-electron chi connectivity index (χ0n) is 19.6. The van der Waals surface area contributed by atoms with E-state index in [9.17, 15) is 14.4 Å². The van der Waals surface area contributed by atoms with Crippen molar-refractivity contribution in [2.75, 3.05) is 22.2 Å². The zero-order valence-corrected chi connectivity index (χ0v) is 19.6. The van der Waals surface area contributed by atoms with E-state index in [2.05, 4.69) is 10.7 Å². The lowest BCUT2D eigenvalue weighted by atomic mass is 10.1. The van der Waals surface area contributed by atoms with Crippen LogP contribution in [0.5, 0.6) is 0 Å². The minimum absolute atomic E-state index is 0.0768. The molecule has 2 N–H and O–H groups in total. The fraction of sp³-hybridized carbons (Fsp3) is 0.179. The largest absolute Gasteiger partial charge is 0.326 e. The van der Waals surface area contributed by atoms with E-state index in [4.69, 9.17) is 0 Å². The number of nitrogens with one attached hydrogen (secondary N) is 2. The predicted octanol–water partition coefficient (Wildman–Crippen LogP) is 4.63. The molecule has 1 fully saturated rings. The highest BCUT2D eigenvalue weighted by Crippen LogP contribution is 2.32. The molecular weight excluding hydrogens is 440 g/mol. The molecule has 7 heteroatoms. The number of carbonyl (C=O) groups excluding carboxylic acids is 3. The first-order chi connectivity index (χ1) is 16.9. The van der Waals surface area contributed by atoms with Gasteiger partial charge in [-0.05, 0) is 55.6 Å². The summed E-state index contributed by atoms with van der Waals surface area (Å²) in [7, 11) is 0. The maximum Gasteiger partial charge on any atom is 0.270 e. The molecule has 35 heavy (non-hydrogen) atoms. The Hall–Kier alpha value is -4.39. The smallest absolute Gasteiger partial charge is 0.270 e. The van der Waals surface area contributed by atoms with E-state index in [-0.39, 0.29) is 24.1 Å². The molecule has 1 aromatic heterocycles. The average molecular weight is 467 g/mol. The van der Waals surface area contributed by atoms with Gasteiger partial charge in [0.05, 0.1) is 11.6 Å². The van der Waals surface area contributed by atoms with Crippen LogP contribution in [-0.2, 0) is 9.59 Å². The van der Waals surface area contributed by atoms with E-state index in [1.807, 2.05) is 68.4 Å². The second-order valence-electron chi connectivity index (χ2n) is 8.87. The van der Waals surface area contributed by atoms with Crippen LogP contribution < -0.4 is 15.6 Å². The molecule has 5 rings (SSSR count).